The molecule has 3 N–H and O–H groups in total. The number of phenolic OH excluding ortho intramolecular Hbond substituents is 1. The van der Waals surface area contributed by atoms with E-state index in [-0.39, 0.29) is 24.1 Å². The van der Waals surface area contributed by atoms with E-state index in [1.165, 1.54) is 17.0 Å². The molecule has 2 fully saturated rings. The van der Waals surface area contributed by atoms with Crippen molar-refractivity contribution in [1.82, 2.24) is 4.98 Å². The Hall–Kier alpha value is -5.06. The second-order valence-electron chi connectivity index (χ2n) is 13.3. The van der Waals surface area contributed by atoms with Gasteiger partial charge in [0.25, 0.3) is 0 Å². The van der Waals surface area contributed by atoms with Crippen molar-refractivity contribution in [3.8, 4) is 5.75 Å². The minimum atomic E-state index is -1.09. The van der Waals surface area contributed by atoms with Gasteiger partial charge in [-0.3, -0.25) is 19.5 Å². The summed E-state index contributed by atoms with van der Waals surface area (Å²) in [5.41, 5.74) is 6.61. The summed E-state index contributed by atoms with van der Waals surface area (Å²) in [6.07, 6.45) is 6.39. The molecule has 1 aromatic heterocycles. The molecule has 0 unspecified atom stereocenters. The normalized spacial score (nSPS) is 22.1. The molecule has 2 aliphatic heterocycles. The summed E-state index contributed by atoms with van der Waals surface area (Å²) in [7, 11) is -1.09. The van der Waals surface area contributed by atoms with E-state index < -0.39 is 36.6 Å². The van der Waals surface area contributed by atoms with Crippen molar-refractivity contribution in [2.75, 3.05) is 10.2 Å². The summed E-state index contributed by atoms with van der Waals surface area (Å²) in [6, 6.07) is 26.9. The quantitative estimate of drug-likeness (QED) is 0.0897. The van der Waals surface area contributed by atoms with Crippen LogP contribution in [0.25, 0.3) is 11.6 Å². The number of carbonyl (C=O) groups is 2. The van der Waals surface area contributed by atoms with Crippen LogP contribution in [-0.4, -0.2) is 40.2 Å². The van der Waals surface area contributed by atoms with Crippen molar-refractivity contribution < 1.29 is 28.8 Å². The minimum absolute atomic E-state index is 0.199. The lowest BCUT2D eigenvalue weighted by molar-refractivity contribution is -0.122. The highest BCUT2D eigenvalue weighted by molar-refractivity contribution is 6.43. The first-order chi connectivity index (χ1) is 24.3. The first-order valence-corrected chi connectivity index (χ1v) is 17.3. The number of nitrogens with zero attached hydrogens (tertiary/aromatic N) is 2. The Morgan fingerprint density at radius 2 is 1.76 bits per heavy atom. The van der Waals surface area contributed by atoms with E-state index in [1.807, 2.05) is 66.7 Å². The number of hydrogen-bond donors (Lipinski definition) is 3. The fraction of sp³-hybridized carbons (Fsp3) is 0.275. The Labute approximate surface area is 291 Å². The van der Waals surface area contributed by atoms with Gasteiger partial charge in [-0.25, -0.2) is 4.39 Å². The van der Waals surface area contributed by atoms with Gasteiger partial charge in [-0.15, -0.1) is 0 Å². The molecule has 2 saturated heterocycles. The molecule has 2 amide bonds. The zero-order valence-electron chi connectivity index (χ0n) is 27.8. The van der Waals surface area contributed by atoms with Gasteiger partial charge in [-0.1, -0.05) is 49.2 Å². The third-order valence-corrected chi connectivity index (χ3v) is 10.0. The molecule has 10 heteroatoms. The van der Waals surface area contributed by atoms with Crippen LogP contribution in [0.2, 0.25) is 6.32 Å². The molecule has 3 aromatic carbocycles. The van der Waals surface area contributed by atoms with Crippen LogP contribution in [0.1, 0.15) is 50.3 Å². The average Bonchev–Trinajstić information content (AvgIpc) is 3.37. The molecule has 0 radical (unpaired) electrons. The largest absolute Gasteiger partial charge is 0.505 e. The number of benzene rings is 3. The molecule has 7 rings (SSSR count). The Kier molecular flexibility index (Phi) is 9.65. The topological polar surface area (TPSA) is 112 Å². The van der Waals surface area contributed by atoms with Gasteiger partial charge in [0, 0.05) is 17.6 Å². The van der Waals surface area contributed by atoms with E-state index in [4.69, 9.17) is 4.65 Å². The van der Waals surface area contributed by atoms with Crippen molar-refractivity contribution in [2.24, 2.45) is 17.8 Å². The van der Waals surface area contributed by atoms with Gasteiger partial charge in [0.15, 0.2) is 11.6 Å². The highest BCUT2D eigenvalue weighted by atomic mass is 19.1. The molecule has 50 heavy (non-hydrogen) atoms. The van der Waals surface area contributed by atoms with Crippen LogP contribution in [0.15, 0.2) is 108 Å². The molecule has 3 heterocycles. The summed E-state index contributed by atoms with van der Waals surface area (Å²) < 4.78 is 20.5. The summed E-state index contributed by atoms with van der Waals surface area (Å²) in [5.74, 6) is -2.99. The zero-order valence-corrected chi connectivity index (χ0v) is 27.8. The van der Waals surface area contributed by atoms with E-state index >= 15 is 0 Å². The van der Waals surface area contributed by atoms with Gasteiger partial charge in [0.1, 0.15) is 0 Å². The number of pyridine rings is 1. The molecule has 0 spiro atoms. The minimum Gasteiger partial charge on any atom is -0.505 e. The van der Waals surface area contributed by atoms with E-state index in [0.29, 0.717) is 30.5 Å². The van der Waals surface area contributed by atoms with E-state index in [1.54, 1.807) is 24.4 Å². The van der Waals surface area contributed by atoms with Crippen molar-refractivity contribution in [1.29, 1.82) is 0 Å². The number of aromatic nitrogens is 1. The Morgan fingerprint density at radius 3 is 2.48 bits per heavy atom. The average molecular weight is 672 g/mol. The van der Waals surface area contributed by atoms with Gasteiger partial charge < -0.3 is 20.1 Å². The number of hydrogen-bond acceptors (Lipinski definition) is 7. The number of para-hydroxylation sites is 1. The lowest BCUT2D eigenvalue weighted by Crippen LogP contribution is -2.46. The van der Waals surface area contributed by atoms with Gasteiger partial charge in [-0.2, -0.15) is 0 Å². The molecule has 3 aliphatic rings. The van der Waals surface area contributed by atoms with Gasteiger partial charge in [0.05, 0.1) is 29.3 Å². The van der Waals surface area contributed by atoms with Crippen LogP contribution < -0.4 is 10.2 Å². The highest BCUT2D eigenvalue weighted by Gasteiger charge is 2.57. The maximum atomic E-state index is 14.2. The summed E-state index contributed by atoms with van der Waals surface area (Å²) >= 11 is 0. The molecular weight excluding hydrogens is 632 g/mol. The second-order valence-corrected chi connectivity index (χ2v) is 13.3. The SMILES string of the molecule is CCCC1=C2[C@@H](CC/C(=C/c3ccc(O)c(F)c3)c3ccccn3)OB(O)C[C@@H]2[C@@H]2C(=O)N(c3ccc(Nc4ccccc4)cc3)C(=O)[C@@H]2C1. The number of nitrogens with one attached hydrogen (secondary N) is 1. The maximum absolute atomic E-state index is 14.2. The van der Waals surface area contributed by atoms with Crippen LogP contribution in [0.4, 0.5) is 21.5 Å². The number of rotatable bonds is 10. The maximum Gasteiger partial charge on any atom is 0.455 e. The van der Waals surface area contributed by atoms with Crippen molar-refractivity contribution >= 4 is 47.6 Å². The lowest BCUT2D eigenvalue weighted by atomic mass is 9.58. The second kappa shape index (κ2) is 14.4. The van der Waals surface area contributed by atoms with Crippen molar-refractivity contribution in [3.63, 3.8) is 0 Å². The standard InChI is InChI=1S/C40H39BFN3O5/c1-2-8-27-23-31-38(40(48)45(39(31)47)30-16-14-29(15-17-30)44-28-9-4-3-5-10-28)32-24-41(49)50-36(37(27)32)19-13-26(34-11-6-7-20-43-34)21-25-12-18-35(46)33(42)22-25/h3-7,9-12,14-18,20-22,31-32,36,38,44,46,49H,2,8,13,19,23-24H2,1H3/b26-21-/t31-,32+,36-,38-/m1/s1. The summed E-state index contributed by atoms with van der Waals surface area (Å²) in [5, 5.41) is 24.1. The Morgan fingerprint density at radius 1 is 1.00 bits per heavy atom. The molecule has 254 valence electrons. The number of fused-ring (bicyclic) bond motifs is 3. The number of halogens is 1. The summed E-state index contributed by atoms with van der Waals surface area (Å²) in [4.78, 5) is 34.1. The number of phenols is 1. The zero-order chi connectivity index (χ0) is 34.8. The predicted octanol–water partition coefficient (Wildman–Crippen LogP) is 7.79. The Bertz CT molecular complexity index is 1940. The van der Waals surface area contributed by atoms with Gasteiger partial charge in [0.2, 0.25) is 11.8 Å². The first-order valence-electron chi connectivity index (χ1n) is 17.3. The summed E-state index contributed by atoms with van der Waals surface area (Å²) in [6.45, 7) is 2.10. The molecular formula is C40H39BFN3O5. The number of allylic oxidation sites excluding steroid dienone is 2. The molecule has 4 aromatic rings. The lowest BCUT2D eigenvalue weighted by Gasteiger charge is -2.43. The van der Waals surface area contributed by atoms with Gasteiger partial charge in [-0.05, 0) is 121 Å². The first kappa shape index (κ1) is 33.4. The van der Waals surface area contributed by atoms with E-state index in [0.717, 1.165) is 46.6 Å². The van der Waals surface area contributed by atoms with Crippen LogP contribution in [0.5, 0.6) is 5.75 Å². The molecule has 4 atom stereocenters. The van der Waals surface area contributed by atoms with Crippen LogP contribution in [-0.2, 0) is 14.2 Å². The number of amides is 2. The van der Waals surface area contributed by atoms with Gasteiger partial charge >= 0.3 is 7.12 Å². The van der Waals surface area contributed by atoms with Crippen LogP contribution in [0, 0.1) is 23.6 Å². The van der Waals surface area contributed by atoms with Crippen molar-refractivity contribution in [2.45, 2.75) is 51.5 Å². The molecule has 1 aliphatic carbocycles. The fourth-order valence-corrected chi connectivity index (χ4v) is 7.87. The van der Waals surface area contributed by atoms with Crippen molar-refractivity contribution in [3.05, 3.63) is 125 Å². The number of aromatic hydroxyl groups is 1. The third kappa shape index (κ3) is 6.73. The number of anilines is 3. The van der Waals surface area contributed by atoms with Crippen LogP contribution >= 0.6 is 0 Å². The fourth-order valence-electron chi connectivity index (χ4n) is 7.87. The van der Waals surface area contributed by atoms with E-state index in [2.05, 4.69) is 17.2 Å². The number of carbonyl (C=O) groups excluding carboxylic acids is 2. The third-order valence-electron chi connectivity index (χ3n) is 10.0. The molecule has 0 saturated carbocycles. The highest BCUT2D eigenvalue weighted by Crippen LogP contribution is 2.52. The van der Waals surface area contributed by atoms with E-state index in [9.17, 15) is 24.1 Å². The Balaban J connectivity index is 1.16. The smallest absolute Gasteiger partial charge is 0.455 e. The monoisotopic (exact) mass is 671 g/mol. The molecule has 8 nitrogen and oxygen atoms in total. The molecule has 0 bridgehead atoms. The number of imide groups is 1. The van der Waals surface area contributed by atoms with Crippen LogP contribution in [0.3, 0.4) is 0 Å². The predicted molar refractivity (Wildman–Crippen MR) is 193 cm³/mol.